The van der Waals surface area contributed by atoms with Crippen molar-refractivity contribution >= 4 is 0 Å². The van der Waals surface area contributed by atoms with Crippen LogP contribution in [0, 0.1) is 24.7 Å². The maximum Gasteiger partial charge on any atom is 0.122 e. The van der Waals surface area contributed by atoms with E-state index < -0.39 is 0 Å². The monoisotopic (exact) mass is 261 g/mol. The topological polar surface area (TPSA) is 35.2 Å². The molecule has 1 fully saturated rings. The molecule has 0 heterocycles. The highest BCUT2D eigenvalue weighted by atomic mass is 16.5. The lowest BCUT2D eigenvalue weighted by Crippen LogP contribution is -2.29. The molecule has 0 aromatic heterocycles. The third-order valence-electron chi connectivity index (χ3n) is 4.96. The van der Waals surface area contributed by atoms with Crippen molar-refractivity contribution < 1.29 is 4.74 Å². The first-order chi connectivity index (χ1) is 9.02. The number of benzene rings is 1. The molecule has 2 rings (SSSR count). The Bertz CT molecular complexity index is 429. The molecule has 19 heavy (non-hydrogen) atoms. The second-order valence-corrected chi connectivity index (χ2v) is 6.28. The Labute approximate surface area is 117 Å². The van der Waals surface area contributed by atoms with Crippen molar-refractivity contribution in [3.63, 3.8) is 0 Å². The Morgan fingerprint density at radius 2 is 1.95 bits per heavy atom. The number of aryl methyl sites for hydroxylation is 1. The Balaban J connectivity index is 2.13. The minimum absolute atomic E-state index is 0.143. The molecule has 0 aliphatic heterocycles. The molecule has 1 aromatic carbocycles. The lowest BCUT2D eigenvalue weighted by molar-refractivity contribution is 0.186. The second kappa shape index (κ2) is 5.96. The minimum Gasteiger partial charge on any atom is -0.496 e. The molecule has 106 valence electrons. The third-order valence-corrected chi connectivity index (χ3v) is 4.96. The van der Waals surface area contributed by atoms with Crippen LogP contribution < -0.4 is 10.5 Å². The van der Waals surface area contributed by atoms with Gasteiger partial charge >= 0.3 is 0 Å². The normalized spacial score (nSPS) is 29.0. The van der Waals surface area contributed by atoms with E-state index in [1.165, 1.54) is 30.4 Å². The maximum absolute atomic E-state index is 6.50. The second-order valence-electron chi connectivity index (χ2n) is 6.28. The van der Waals surface area contributed by atoms with E-state index in [9.17, 15) is 0 Å². The zero-order chi connectivity index (χ0) is 14.0. The summed E-state index contributed by atoms with van der Waals surface area (Å²) in [5, 5.41) is 0. The first-order valence-corrected chi connectivity index (χ1v) is 7.43. The van der Waals surface area contributed by atoms with Crippen LogP contribution in [0.3, 0.4) is 0 Å². The predicted molar refractivity (Wildman–Crippen MR) is 80.3 cm³/mol. The number of hydrogen-bond donors (Lipinski definition) is 1. The van der Waals surface area contributed by atoms with E-state index in [4.69, 9.17) is 10.5 Å². The summed E-state index contributed by atoms with van der Waals surface area (Å²) in [6, 6.07) is 6.53. The third kappa shape index (κ3) is 3.11. The summed E-state index contributed by atoms with van der Waals surface area (Å²) in [5.41, 5.74) is 8.88. The zero-order valence-corrected chi connectivity index (χ0v) is 12.6. The Kier molecular flexibility index (Phi) is 4.51. The van der Waals surface area contributed by atoms with Crippen LogP contribution in [-0.4, -0.2) is 7.11 Å². The van der Waals surface area contributed by atoms with Gasteiger partial charge in [0.2, 0.25) is 0 Å². The van der Waals surface area contributed by atoms with Gasteiger partial charge in [0.05, 0.1) is 7.11 Å². The van der Waals surface area contributed by atoms with Gasteiger partial charge in [0.15, 0.2) is 0 Å². The molecule has 2 N–H and O–H groups in total. The molecule has 4 unspecified atom stereocenters. The van der Waals surface area contributed by atoms with Gasteiger partial charge in [0.25, 0.3) is 0 Å². The van der Waals surface area contributed by atoms with Crippen LogP contribution in [0.1, 0.15) is 50.3 Å². The molecule has 0 bridgehead atoms. The molecule has 1 saturated carbocycles. The van der Waals surface area contributed by atoms with Gasteiger partial charge in [-0.3, -0.25) is 0 Å². The summed E-state index contributed by atoms with van der Waals surface area (Å²) in [6.07, 6.45) is 3.81. The van der Waals surface area contributed by atoms with Gasteiger partial charge in [-0.1, -0.05) is 32.4 Å². The van der Waals surface area contributed by atoms with E-state index in [0.29, 0.717) is 5.92 Å². The van der Waals surface area contributed by atoms with Crippen LogP contribution in [0.2, 0.25) is 0 Å². The fourth-order valence-electron chi connectivity index (χ4n) is 3.23. The summed E-state index contributed by atoms with van der Waals surface area (Å²) < 4.78 is 5.41. The molecule has 0 radical (unpaired) electrons. The molecule has 1 aromatic rings. The van der Waals surface area contributed by atoms with Crippen molar-refractivity contribution in [2.24, 2.45) is 23.5 Å². The van der Waals surface area contributed by atoms with E-state index >= 15 is 0 Å². The van der Waals surface area contributed by atoms with Crippen LogP contribution >= 0.6 is 0 Å². The summed E-state index contributed by atoms with van der Waals surface area (Å²) in [6.45, 7) is 6.79. The van der Waals surface area contributed by atoms with E-state index in [-0.39, 0.29) is 6.04 Å². The lowest BCUT2D eigenvalue weighted by Gasteiger charge is -2.35. The van der Waals surface area contributed by atoms with Crippen molar-refractivity contribution in [1.29, 1.82) is 0 Å². The highest BCUT2D eigenvalue weighted by Gasteiger charge is 2.29. The largest absolute Gasteiger partial charge is 0.496 e. The molecule has 1 aliphatic rings. The van der Waals surface area contributed by atoms with Gasteiger partial charge in [-0.05, 0) is 54.7 Å². The molecular weight excluding hydrogens is 234 g/mol. The van der Waals surface area contributed by atoms with Gasteiger partial charge < -0.3 is 10.5 Å². The van der Waals surface area contributed by atoms with Crippen LogP contribution in [0.4, 0.5) is 0 Å². The molecule has 1 aliphatic carbocycles. The van der Waals surface area contributed by atoms with Crippen LogP contribution in [0.15, 0.2) is 18.2 Å². The molecule has 0 saturated heterocycles. The Morgan fingerprint density at radius 3 is 2.58 bits per heavy atom. The van der Waals surface area contributed by atoms with Crippen LogP contribution in [0.5, 0.6) is 5.75 Å². The average Bonchev–Trinajstić information content (AvgIpc) is 2.41. The number of rotatable bonds is 3. The average molecular weight is 261 g/mol. The standard InChI is InChI=1S/C17H27NO/c1-11-5-7-14(9-13(11)3)17(18)15-8-6-12(2)16(10-15)19-4/h6,8,10-11,13-14,17H,5,7,9,18H2,1-4H3. The Morgan fingerprint density at radius 1 is 1.21 bits per heavy atom. The van der Waals surface area contributed by atoms with Crippen molar-refractivity contribution in [2.75, 3.05) is 7.11 Å². The SMILES string of the molecule is COc1cc(C(N)C2CCC(C)C(C)C2)ccc1C. The number of ether oxygens (including phenoxy) is 1. The molecule has 4 atom stereocenters. The maximum atomic E-state index is 6.50. The Hall–Kier alpha value is -1.02. The first kappa shape index (κ1) is 14.4. The molecule has 0 amide bonds. The molecule has 0 spiro atoms. The highest BCUT2D eigenvalue weighted by Crippen LogP contribution is 2.39. The summed E-state index contributed by atoms with van der Waals surface area (Å²) >= 11 is 0. The number of hydrogen-bond acceptors (Lipinski definition) is 2. The number of nitrogens with two attached hydrogens (primary N) is 1. The summed E-state index contributed by atoms with van der Waals surface area (Å²) in [4.78, 5) is 0. The molecule has 2 nitrogen and oxygen atoms in total. The smallest absolute Gasteiger partial charge is 0.122 e. The fraction of sp³-hybridized carbons (Fsp3) is 0.647. The number of methoxy groups -OCH3 is 1. The molecular formula is C17H27NO. The predicted octanol–water partition coefficient (Wildman–Crippen LogP) is 4.08. The van der Waals surface area contributed by atoms with Crippen molar-refractivity contribution in [1.82, 2.24) is 0 Å². The van der Waals surface area contributed by atoms with Gasteiger partial charge in [-0.15, -0.1) is 0 Å². The van der Waals surface area contributed by atoms with Crippen molar-refractivity contribution in [2.45, 2.75) is 46.1 Å². The minimum atomic E-state index is 0.143. The lowest BCUT2D eigenvalue weighted by atomic mass is 9.72. The van der Waals surface area contributed by atoms with Crippen molar-refractivity contribution in [3.8, 4) is 5.75 Å². The fourth-order valence-corrected chi connectivity index (χ4v) is 3.23. The van der Waals surface area contributed by atoms with Gasteiger partial charge in [0, 0.05) is 6.04 Å². The molecule has 2 heteroatoms. The first-order valence-electron chi connectivity index (χ1n) is 7.43. The highest BCUT2D eigenvalue weighted by molar-refractivity contribution is 5.38. The quantitative estimate of drug-likeness (QED) is 0.890. The van der Waals surface area contributed by atoms with Gasteiger partial charge in [0.1, 0.15) is 5.75 Å². The van der Waals surface area contributed by atoms with Crippen LogP contribution in [0.25, 0.3) is 0 Å². The van der Waals surface area contributed by atoms with E-state index in [1.54, 1.807) is 7.11 Å². The summed E-state index contributed by atoms with van der Waals surface area (Å²) in [7, 11) is 1.72. The van der Waals surface area contributed by atoms with Crippen molar-refractivity contribution in [3.05, 3.63) is 29.3 Å². The van der Waals surface area contributed by atoms with E-state index in [1.807, 2.05) is 0 Å². The van der Waals surface area contributed by atoms with Crippen LogP contribution in [-0.2, 0) is 0 Å². The van der Waals surface area contributed by atoms with E-state index in [0.717, 1.165) is 17.6 Å². The van der Waals surface area contributed by atoms with Gasteiger partial charge in [-0.25, -0.2) is 0 Å². The zero-order valence-electron chi connectivity index (χ0n) is 12.6. The van der Waals surface area contributed by atoms with E-state index in [2.05, 4.69) is 39.0 Å². The summed E-state index contributed by atoms with van der Waals surface area (Å²) in [5.74, 6) is 3.19. The van der Waals surface area contributed by atoms with Gasteiger partial charge in [-0.2, -0.15) is 0 Å².